The molecular weight excluding hydrogens is 406 g/mol. The van der Waals surface area contributed by atoms with Gasteiger partial charge in [-0.05, 0) is 49.2 Å². The number of H-pyrrole nitrogens is 1. The standard InChI is InChI=1S/C24H25N5OS/c1-15(23-19-12-17(25)4-7-20(19)28-24(23)30)27-18-5-2-16(3-6-18)13-29-10-8-21-22(9-11-29)31-14-26-21/h2-7,12,14,28,30H,8-11,13,25H2,1H3. The van der Waals surface area contributed by atoms with E-state index in [2.05, 4.69) is 27.0 Å². The Labute approximate surface area is 185 Å². The molecule has 0 fully saturated rings. The largest absolute Gasteiger partial charge is 0.494 e. The van der Waals surface area contributed by atoms with Crippen molar-refractivity contribution in [2.45, 2.75) is 26.3 Å². The van der Waals surface area contributed by atoms with Crippen molar-refractivity contribution in [2.75, 3.05) is 18.8 Å². The third-order valence-electron chi connectivity index (χ3n) is 5.85. The molecule has 1 aliphatic rings. The maximum atomic E-state index is 10.4. The molecule has 0 saturated heterocycles. The Kier molecular flexibility index (Phi) is 5.21. The average Bonchev–Trinajstić information content (AvgIpc) is 3.28. The molecule has 0 bridgehead atoms. The van der Waals surface area contributed by atoms with Gasteiger partial charge in [-0.1, -0.05) is 12.1 Å². The Balaban J connectivity index is 1.31. The van der Waals surface area contributed by atoms with Crippen molar-refractivity contribution in [2.24, 2.45) is 4.99 Å². The lowest BCUT2D eigenvalue weighted by Crippen LogP contribution is -2.25. The molecule has 1 aliphatic heterocycles. The van der Waals surface area contributed by atoms with E-state index in [4.69, 9.17) is 10.7 Å². The molecule has 4 N–H and O–H groups in total. The van der Waals surface area contributed by atoms with Crippen LogP contribution in [0.1, 0.15) is 28.6 Å². The van der Waals surface area contributed by atoms with E-state index in [1.165, 1.54) is 16.1 Å². The van der Waals surface area contributed by atoms with Crippen molar-refractivity contribution < 1.29 is 5.11 Å². The first-order valence-electron chi connectivity index (χ1n) is 10.4. The number of rotatable bonds is 4. The molecular formula is C24H25N5OS. The number of thiazole rings is 1. The van der Waals surface area contributed by atoms with Crippen LogP contribution < -0.4 is 5.73 Å². The van der Waals surface area contributed by atoms with Crippen LogP contribution in [0.3, 0.4) is 0 Å². The molecule has 3 heterocycles. The monoisotopic (exact) mass is 431 g/mol. The van der Waals surface area contributed by atoms with Gasteiger partial charge in [0.25, 0.3) is 0 Å². The number of hydrogen-bond donors (Lipinski definition) is 3. The third-order valence-corrected chi connectivity index (χ3v) is 6.78. The second-order valence-corrected chi connectivity index (χ2v) is 8.95. The summed E-state index contributed by atoms with van der Waals surface area (Å²) < 4.78 is 0. The molecule has 6 nitrogen and oxygen atoms in total. The van der Waals surface area contributed by atoms with Crippen molar-refractivity contribution in [3.63, 3.8) is 0 Å². The number of nitrogens with zero attached hydrogens (tertiary/aromatic N) is 3. The second-order valence-electron chi connectivity index (χ2n) is 8.02. The van der Waals surface area contributed by atoms with Crippen LogP contribution >= 0.6 is 11.3 Å². The molecule has 4 aromatic rings. The molecule has 0 atom stereocenters. The minimum absolute atomic E-state index is 0.114. The highest BCUT2D eigenvalue weighted by Crippen LogP contribution is 2.30. The quantitative estimate of drug-likeness (QED) is 0.324. The van der Waals surface area contributed by atoms with Gasteiger partial charge in [-0.3, -0.25) is 9.89 Å². The summed E-state index contributed by atoms with van der Waals surface area (Å²) in [7, 11) is 0. The molecule has 2 aromatic heterocycles. The number of hydrogen-bond acceptors (Lipinski definition) is 6. The van der Waals surface area contributed by atoms with Gasteiger partial charge in [-0.2, -0.15) is 0 Å². The van der Waals surface area contributed by atoms with Gasteiger partial charge in [0.2, 0.25) is 0 Å². The lowest BCUT2D eigenvalue weighted by molar-refractivity contribution is 0.279. The number of aliphatic imine (C=N–C) groups is 1. The zero-order chi connectivity index (χ0) is 21.4. The number of anilines is 1. The van der Waals surface area contributed by atoms with Gasteiger partial charge < -0.3 is 15.8 Å². The number of nitrogen functional groups attached to an aromatic ring is 1. The fraction of sp³-hybridized carbons (Fsp3) is 0.250. The summed E-state index contributed by atoms with van der Waals surface area (Å²) in [5, 5.41) is 11.3. The smallest absolute Gasteiger partial charge is 0.198 e. The average molecular weight is 432 g/mol. The van der Waals surface area contributed by atoms with Crippen molar-refractivity contribution in [1.29, 1.82) is 0 Å². The lowest BCUT2D eigenvalue weighted by atomic mass is 10.1. The summed E-state index contributed by atoms with van der Waals surface area (Å²) in [4.78, 5) is 16.2. The fourth-order valence-corrected chi connectivity index (χ4v) is 5.05. The lowest BCUT2D eigenvalue weighted by Gasteiger charge is -2.19. The zero-order valence-electron chi connectivity index (χ0n) is 17.4. The SMILES string of the molecule is CC(=Nc1ccc(CN2CCc3ncsc3CC2)cc1)c1c(O)[nH]c2ccc(N)cc12. The number of nitrogens with one attached hydrogen (secondary N) is 1. The topological polar surface area (TPSA) is 90.5 Å². The van der Waals surface area contributed by atoms with Crippen molar-refractivity contribution >= 4 is 39.3 Å². The highest BCUT2D eigenvalue weighted by molar-refractivity contribution is 7.09. The van der Waals surface area contributed by atoms with E-state index in [-0.39, 0.29) is 5.88 Å². The third kappa shape index (κ3) is 4.06. The molecule has 0 amide bonds. The van der Waals surface area contributed by atoms with Crippen molar-refractivity contribution in [1.82, 2.24) is 14.9 Å². The number of aromatic amines is 1. The summed E-state index contributed by atoms with van der Waals surface area (Å²) in [5.41, 5.74) is 14.2. The van der Waals surface area contributed by atoms with E-state index in [0.717, 1.165) is 54.8 Å². The predicted octanol–water partition coefficient (Wildman–Crippen LogP) is 4.65. The first kappa shape index (κ1) is 19.8. The summed E-state index contributed by atoms with van der Waals surface area (Å²) in [6.45, 7) is 4.94. The van der Waals surface area contributed by atoms with Crippen LogP contribution in [0.25, 0.3) is 10.9 Å². The molecule has 0 spiro atoms. The van der Waals surface area contributed by atoms with E-state index < -0.39 is 0 Å². The molecule has 5 rings (SSSR count). The first-order valence-corrected chi connectivity index (χ1v) is 11.3. The van der Waals surface area contributed by atoms with Crippen LogP contribution in [-0.4, -0.2) is 38.8 Å². The van der Waals surface area contributed by atoms with Crippen LogP contribution in [0, 0.1) is 0 Å². The fourth-order valence-electron chi connectivity index (χ4n) is 4.24. The van der Waals surface area contributed by atoms with E-state index in [1.54, 1.807) is 11.3 Å². The van der Waals surface area contributed by atoms with Crippen molar-refractivity contribution in [3.8, 4) is 5.88 Å². The Morgan fingerprint density at radius 3 is 2.84 bits per heavy atom. The van der Waals surface area contributed by atoms with Crippen LogP contribution in [0.15, 0.2) is 53.0 Å². The van der Waals surface area contributed by atoms with Crippen molar-refractivity contribution in [3.05, 3.63) is 69.7 Å². The highest BCUT2D eigenvalue weighted by Gasteiger charge is 2.16. The van der Waals surface area contributed by atoms with Gasteiger partial charge in [0.05, 0.1) is 28.2 Å². The molecule has 0 unspecified atom stereocenters. The minimum Gasteiger partial charge on any atom is -0.494 e. The summed E-state index contributed by atoms with van der Waals surface area (Å²) in [6.07, 6.45) is 2.11. The van der Waals surface area contributed by atoms with E-state index in [0.29, 0.717) is 11.3 Å². The maximum absolute atomic E-state index is 10.4. The van der Waals surface area contributed by atoms with Gasteiger partial charge in [0, 0.05) is 47.5 Å². The number of nitrogens with two attached hydrogens (primary N) is 1. The molecule has 0 saturated carbocycles. The molecule has 0 radical (unpaired) electrons. The zero-order valence-corrected chi connectivity index (χ0v) is 18.2. The molecule has 2 aromatic carbocycles. The van der Waals surface area contributed by atoms with E-state index in [9.17, 15) is 5.11 Å². The number of aromatic nitrogens is 2. The Bertz CT molecular complexity index is 1230. The van der Waals surface area contributed by atoms with Crippen LogP contribution in [0.2, 0.25) is 0 Å². The van der Waals surface area contributed by atoms with Crippen LogP contribution in [0.5, 0.6) is 5.88 Å². The molecule has 158 valence electrons. The first-order chi connectivity index (χ1) is 15.1. The number of aromatic hydroxyl groups is 1. The predicted molar refractivity (Wildman–Crippen MR) is 127 cm³/mol. The highest BCUT2D eigenvalue weighted by atomic mass is 32.1. The molecule has 7 heteroatoms. The van der Waals surface area contributed by atoms with Crippen LogP contribution in [0.4, 0.5) is 11.4 Å². The Morgan fingerprint density at radius 2 is 2.00 bits per heavy atom. The van der Waals surface area contributed by atoms with E-state index in [1.807, 2.05) is 42.8 Å². The van der Waals surface area contributed by atoms with Gasteiger partial charge >= 0.3 is 0 Å². The van der Waals surface area contributed by atoms with Crippen LogP contribution in [-0.2, 0) is 19.4 Å². The summed E-state index contributed by atoms with van der Waals surface area (Å²) >= 11 is 1.78. The molecule has 31 heavy (non-hydrogen) atoms. The Morgan fingerprint density at radius 1 is 1.19 bits per heavy atom. The maximum Gasteiger partial charge on any atom is 0.198 e. The summed E-state index contributed by atoms with van der Waals surface area (Å²) in [5.74, 6) is 0.114. The number of benzene rings is 2. The van der Waals surface area contributed by atoms with Gasteiger partial charge in [-0.15, -0.1) is 11.3 Å². The van der Waals surface area contributed by atoms with Gasteiger partial charge in [-0.25, -0.2) is 4.98 Å². The second kappa shape index (κ2) is 8.17. The van der Waals surface area contributed by atoms with E-state index >= 15 is 0 Å². The van der Waals surface area contributed by atoms with Gasteiger partial charge in [0.15, 0.2) is 5.88 Å². The number of fused-ring (bicyclic) bond motifs is 2. The minimum atomic E-state index is 0.114. The van der Waals surface area contributed by atoms with Gasteiger partial charge in [0.1, 0.15) is 0 Å². The Hall–Kier alpha value is -3.16. The normalized spacial score (nSPS) is 15.2. The molecule has 0 aliphatic carbocycles. The summed E-state index contributed by atoms with van der Waals surface area (Å²) in [6, 6.07) is 13.9.